The second kappa shape index (κ2) is 12.0. The van der Waals surface area contributed by atoms with Crippen molar-refractivity contribution < 1.29 is 9.53 Å². The van der Waals surface area contributed by atoms with Crippen molar-refractivity contribution in [3.05, 3.63) is 57.6 Å². The maximum Gasteiger partial charge on any atom is 0.224 e. The Morgan fingerprint density at radius 1 is 1.19 bits per heavy atom. The van der Waals surface area contributed by atoms with Gasteiger partial charge in [0.15, 0.2) is 0 Å². The molecule has 3 rings (SSSR count). The Kier molecular flexibility index (Phi) is 9.95. The predicted octanol–water partition coefficient (Wildman–Crippen LogP) is 6.70. The molecule has 0 radical (unpaired) electrons. The van der Waals surface area contributed by atoms with E-state index in [0.717, 1.165) is 48.6 Å². The molecule has 1 atom stereocenters. The molecule has 0 aromatic heterocycles. The Morgan fingerprint density at radius 2 is 1.90 bits per heavy atom. The Balaban J connectivity index is 0.00000341. The summed E-state index contributed by atoms with van der Waals surface area (Å²) in [6.07, 6.45) is 3.33. The minimum Gasteiger partial charge on any atom is -0.494 e. The fourth-order valence-electron chi connectivity index (χ4n) is 4.04. The lowest BCUT2D eigenvalue weighted by atomic mass is 10.0. The lowest BCUT2D eigenvalue weighted by Crippen LogP contribution is -2.40. The van der Waals surface area contributed by atoms with E-state index in [1.165, 1.54) is 12.8 Å². The van der Waals surface area contributed by atoms with Crippen LogP contribution in [0.25, 0.3) is 0 Å². The van der Waals surface area contributed by atoms with Gasteiger partial charge >= 0.3 is 0 Å². The normalized spacial score (nSPS) is 14.7. The highest BCUT2D eigenvalue weighted by Gasteiger charge is 2.29. The Morgan fingerprint density at radius 3 is 2.55 bits per heavy atom. The predicted molar refractivity (Wildman–Crippen MR) is 132 cm³/mol. The van der Waals surface area contributed by atoms with E-state index in [0.29, 0.717) is 16.7 Å². The molecule has 2 aromatic rings. The average Bonchev–Trinajstić information content (AvgIpc) is 3.25. The van der Waals surface area contributed by atoms with Gasteiger partial charge in [-0.1, -0.05) is 42.3 Å². The SMILES string of the molecule is CCCOc1cccc(C(CN2CCCC2)N(C(C)=O)c2ccc(Cl)c(Cl)c2C)c1.Cl. The van der Waals surface area contributed by atoms with Gasteiger partial charge in [0.1, 0.15) is 5.75 Å². The summed E-state index contributed by atoms with van der Waals surface area (Å²) in [5, 5.41) is 0.979. The topological polar surface area (TPSA) is 32.8 Å². The van der Waals surface area contributed by atoms with Gasteiger partial charge in [0.25, 0.3) is 0 Å². The summed E-state index contributed by atoms with van der Waals surface area (Å²) in [7, 11) is 0. The quantitative estimate of drug-likeness (QED) is 0.417. The number of hydrogen-bond acceptors (Lipinski definition) is 3. The van der Waals surface area contributed by atoms with Crippen LogP contribution >= 0.6 is 35.6 Å². The molecule has 1 saturated heterocycles. The lowest BCUT2D eigenvalue weighted by molar-refractivity contribution is -0.117. The molecule has 1 amide bonds. The number of nitrogens with zero attached hydrogens (tertiary/aromatic N) is 2. The van der Waals surface area contributed by atoms with Gasteiger partial charge in [-0.05, 0) is 74.7 Å². The first-order chi connectivity index (χ1) is 14.4. The van der Waals surface area contributed by atoms with Crippen molar-refractivity contribution in [1.29, 1.82) is 0 Å². The highest BCUT2D eigenvalue weighted by atomic mass is 35.5. The standard InChI is InChI=1S/C24H30Cl2N2O2.ClH/c1-4-14-30-20-9-7-8-19(15-20)23(16-27-12-5-6-13-27)28(18(3)29)22-11-10-21(25)24(26)17(22)2;/h7-11,15,23H,4-6,12-14,16H2,1-3H3;1H. The van der Waals surface area contributed by atoms with E-state index >= 15 is 0 Å². The molecule has 2 aromatic carbocycles. The van der Waals surface area contributed by atoms with Gasteiger partial charge < -0.3 is 14.5 Å². The molecule has 0 N–H and O–H groups in total. The molecule has 0 spiro atoms. The second-order valence-corrected chi connectivity index (χ2v) is 8.62. The number of carbonyl (C=O) groups is 1. The van der Waals surface area contributed by atoms with E-state index in [1.807, 2.05) is 30.0 Å². The third kappa shape index (κ3) is 6.29. The number of anilines is 1. The zero-order chi connectivity index (χ0) is 21.7. The molecular formula is C24H31Cl3N2O2. The third-order valence-corrected chi connectivity index (χ3v) is 6.47. The van der Waals surface area contributed by atoms with Crippen LogP contribution in [-0.2, 0) is 4.79 Å². The van der Waals surface area contributed by atoms with Gasteiger partial charge in [-0.15, -0.1) is 12.4 Å². The maximum atomic E-state index is 12.9. The highest BCUT2D eigenvalue weighted by molar-refractivity contribution is 6.42. The van der Waals surface area contributed by atoms with Gasteiger partial charge in [-0.2, -0.15) is 0 Å². The Labute approximate surface area is 201 Å². The number of amides is 1. The van der Waals surface area contributed by atoms with Crippen LogP contribution in [0.15, 0.2) is 36.4 Å². The first-order valence-corrected chi connectivity index (χ1v) is 11.4. The molecule has 31 heavy (non-hydrogen) atoms. The zero-order valence-corrected chi connectivity index (χ0v) is 20.7. The molecule has 0 aliphatic carbocycles. The molecule has 1 fully saturated rings. The summed E-state index contributed by atoms with van der Waals surface area (Å²) < 4.78 is 5.86. The Bertz CT molecular complexity index is 885. The summed E-state index contributed by atoms with van der Waals surface area (Å²) in [5.74, 6) is 0.802. The minimum absolute atomic E-state index is 0. The van der Waals surface area contributed by atoms with E-state index in [9.17, 15) is 4.79 Å². The van der Waals surface area contributed by atoms with Crippen LogP contribution in [0.4, 0.5) is 5.69 Å². The Hall–Kier alpha value is -1.46. The molecule has 7 heteroatoms. The molecule has 4 nitrogen and oxygen atoms in total. The maximum absolute atomic E-state index is 12.9. The van der Waals surface area contributed by atoms with Crippen LogP contribution in [0.2, 0.25) is 10.0 Å². The monoisotopic (exact) mass is 484 g/mol. The first kappa shape index (κ1) is 25.8. The molecule has 1 aliphatic heterocycles. The van der Waals surface area contributed by atoms with Gasteiger partial charge in [-0.3, -0.25) is 4.79 Å². The molecule has 0 saturated carbocycles. The van der Waals surface area contributed by atoms with Crippen LogP contribution in [0.3, 0.4) is 0 Å². The number of halogens is 3. The van der Waals surface area contributed by atoms with Crippen molar-refractivity contribution in [2.45, 2.75) is 46.1 Å². The lowest BCUT2D eigenvalue weighted by Gasteiger charge is -2.35. The average molecular weight is 486 g/mol. The van der Waals surface area contributed by atoms with Crippen LogP contribution in [-0.4, -0.2) is 37.0 Å². The molecule has 170 valence electrons. The number of rotatable bonds is 8. The molecule has 1 unspecified atom stereocenters. The first-order valence-electron chi connectivity index (χ1n) is 10.6. The molecule has 1 heterocycles. The van der Waals surface area contributed by atoms with Crippen LogP contribution < -0.4 is 9.64 Å². The van der Waals surface area contributed by atoms with Crippen molar-refractivity contribution in [2.75, 3.05) is 31.1 Å². The fraction of sp³-hybridized carbons (Fsp3) is 0.458. The van der Waals surface area contributed by atoms with Crippen LogP contribution in [0.1, 0.15) is 50.3 Å². The number of benzene rings is 2. The minimum atomic E-state index is -0.151. The fourth-order valence-corrected chi connectivity index (χ4v) is 4.40. The molecular weight excluding hydrogens is 455 g/mol. The molecule has 1 aliphatic rings. The number of hydrogen-bond donors (Lipinski definition) is 0. The summed E-state index contributed by atoms with van der Waals surface area (Å²) in [5.41, 5.74) is 2.65. The van der Waals surface area contributed by atoms with Gasteiger partial charge in [0.05, 0.1) is 22.7 Å². The van der Waals surface area contributed by atoms with Crippen molar-refractivity contribution in [2.24, 2.45) is 0 Å². The summed E-state index contributed by atoms with van der Waals surface area (Å²) in [6.45, 7) is 9.14. The third-order valence-electron chi connectivity index (χ3n) is 5.57. The van der Waals surface area contributed by atoms with Crippen molar-refractivity contribution in [3.63, 3.8) is 0 Å². The van der Waals surface area contributed by atoms with E-state index in [2.05, 4.69) is 24.0 Å². The summed E-state index contributed by atoms with van der Waals surface area (Å²) in [6, 6.07) is 11.6. The van der Waals surface area contributed by atoms with Crippen molar-refractivity contribution >= 4 is 47.2 Å². The molecule has 0 bridgehead atoms. The van der Waals surface area contributed by atoms with E-state index < -0.39 is 0 Å². The number of carbonyl (C=O) groups excluding carboxylic acids is 1. The van der Waals surface area contributed by atoms with Gasteiger partial charge in [-0.25, -0.2) is 0 Å². The number of ether oxygens (including phenoxy) is 1. The van der Waals surface area contributed by atoms with Crippen LogP contribution in [0.5, 0.6) is 5.75 Å². The zero-order valence-electron chi connectivity index (χ0n) is 18.4. The number of likely N-dealkylation sites (tertiary alicyclic amines) is 1. The van der Waals surface area contributed by atoms with Crippen molar-refractivity contribution in [3.8, 4) is 5.75 Å². The van der Waals surface area contributed by atoms with E-state index in [-0.39, 0.29) is 24.4 Å². The second-order valence-electron chi connectivity index (χ2n) is 7.84. The van der Waals surface area contributed by atoms with Gasteiger partial charge in [0.2, 0.25) is 5.91 Å². The van der Waals surface area contributed by atoms with Crippen molar-refractivity contribution in [1.82, 2.24) is 4.90 Å². The highest BCUT2D eigenvalue weighted by Crippen LogP contribution is 2.38. The van der Waals surface area contributed by atoms with E-state index in [1.54, 1.807) is 13.0 Å². The van der Waals surface area contributed by atoms with Gasteiger partial charge in [0, 0.05) is 19.2 Å². The smallest absolute Gasteiger partial charge is 0.224 e. The summed E-state index contributed by atoms with van der Waals surface area (Å²) >= 11 is 12.6. The summed E-state index contributed by atoms with van der Waals surface area (Å²) in [4.78, 5) is 17.2. The largest absolute Gasteiger partial charge is 0.494 e. The van der Waals surface area contributed by atoms with Crippen LogP contribution in [0, 0.1) is 6.92 Å². The van der Waals surface area contributed by atoms with E-state index in [4.69, 9.17) is 27.9 Å².